The molecule has 0 aliphatic carbocycles. The monoisotopic (exact) mass is 382 g/mol. The van der Waals surface area contributed by atoms with Crippen LogP contribution in [0, 0.1) is 6.92 Å². The van der Waals surface area contributed by atoms with Crippen LogP contribution in [0.15, 0.2) is 42.7 Å². The van der Waals surface area contributed by atoms with E-state index in [4.69, 9.17) is 16.3 Å². The molecule has 1 atom stereocenters. The van der Waals surface area contributed by atoms with Crippen molar-refractivity contribution < 1.29 is 9.84 Å². The lowest BCUT2D eigenvalue weighted by atomic mass is 10.2. The van der Waals surface area contributed by atoms with Gasteiger partial charge in [-0.3, -0.25) is 4.40 Å². The maximum atomic E-state index is 9.40. The first-order chi connectivity index (χ1) is 13.0. The third-order valence-corrected chi connectivity index (χ3v) is 4.71. The van der Waals surface area contributed by atoms with Gasteiger partial charge in [-0.15, -0.1) is 0 Å². The van der Waals surface area contributed by atoms with E-state index in [0.717, 1.165) is 27.9 Å². The summed E-state index contributed by atoms with van der Waals surface area (Å²) in [6, 6.07) is 9.26. The summed E-state index contributed by atoms with van der Waals surface area (Å²) >= 11 is 6.48. The van der Waals surface area contributed by atoms with E-state index in [1.165, 1.54) is 0 Å². The Labute approximate surface area is 161 Å². The molecule has 27 heavy (non-hydrogen) atoms. The number of hydrogen-bond acceptors (Lipinski definition) is 5. The SMILES string of the molecule is Cc1nc2cccnc2n2c(-c3cc(OCCC(C)O)ccc3Cl)ncc12. The Morgan fingerprint density at radius 2 is 2.11 bits per heavy atom. The third-order valence-electron chi connectivity index (χ3n) is 4.38. The average Bonchev–Trinajstić information content (AvgIpc) is 3.09. The van der Waals surface area contributed by atoms with Gasteiger partial charge in [0.25, 0.3) is 0 Å². The lowest BCUT2D eigenvalue weighted by Gasteiger charge is -2.11. The van der Waals surface area contributed by atoms with Crippen LogP contribution >= 0.6 is 11.6 Å². The molecular weight excluding hydrogens is 364 g/mol. The number of aromatic nitrogens is 4. The normalized spacial score (nSPS) is 12.6. The van der Waals surface area contributed by atoms with Crippen LogP contribution in [0.3, 0.4) is 0 Å². The standard InChI is InChI=1S/C20H19ClN4O2/c1-12(26)7-9-27-14-5-6-16(21)15(10-14)19-23-11-18-13(2)24-17-4-3-8-22-20(17)25(18)19/h3-6,8,10-12,26H,7,9H2,1-2H3. The summed E-state index contributed by atoms with van der Waals surface area (Å²) in [5.74, 6) is 1.36. The smallest absolute Gasteiger partial charge is 0.164 e. The highest BCUT2D eigenvalue weighted by atomic mass is 35.5. The van der Waals surface area contributed by atoms with E-state index in [-0.39, 0.29) is 0 Å². The molecule has 1 aromatic carbocycles. The summed E-state index contributed by atoms with van der Waals surface area (Å²) in [6.45, 7) is 4.11. The van der Waals surface area contributed by atoms with E-state index >= 15 is 0 Å². The van der Waals surface area contributed by atoms with Gasteiger partial charge in [0.1, 0.15) is 17.1 Å². The van der Waals surface area contributed by atoms with Crippen molar-refractivity contribution in [2.75, 3.05) is 6.61 Å². The van der Waals surface area contributed by atoms with E-state index in [1.807, 2.05) is 35.6 Å². The molecule has 7 heteroatoms. The first-order valence-electron chi connectivity index (χ1n) is 8.74. The van der Waals surface area contributed by atoms with Gasteiger partial charge in [-0.2, -0.15) is 0 Å². The summed E-state index contributed by atoms with van der Waals surface area (Å²) in [5, 5.41) is 9.97. The molecule has 4 rings (SSSR count). The molecule has 3 heterocycles. The number of aryl methyl sites for hydroxylation is 1. The number of imidazole rings is 1. The molecule has 0 saturated heterocycles. The molecule has 4 aromatic rings. The van der Waals surface area contributed by atoms with Gasteiger partial charge < -0.3 is 9.84 Å². The number of ether oxygens (including phenoxy) is 1. The van der Waals surface area contributed by atoms with Gasteiger partial charge in [0.2, 0.25) is 0 Å². The molecule has 0 aliphatic heterocycles. The predicted molar refractivity (Wildman–Crippen MR) is 105 cm³/mol. The Morgan fingerprint density at radius 3 is 2.93 bits per heavy atom. The van der Waals surface area contributed by atoms with E-state index in [2.05, 4.69) is 15.0 Å². The number of benzene rings is 1. The van der Waals surface area contributed by atoms with Gasteiger partial charge >= 0.3 is 0 Å². The molecule has 0 saturated carbocycles. The molecular formula is C20H19ClN4O2. The van der Waals surface area contributed by atoms with Gasteiger partial charge in [-0.05, 0) is 44.2 Å². The fraction of sp³-hybridized carbons (Fsp3) is 0.250. The number of rotatable bonds is 5. The van der Waals surface area contributed by atoms with Crippen molar-refractivity contribution in [3.05, 3.63) is 53.4 Å². The summed E-state index contributed by atoms with van der Waals surface area (Å²) in [7, 11) is 0. The zero-order valence-electron chi connectivity index (χ0n) is 15.1. The molecule has 1 N–H and O–H groups in total. The summed E-state index contributed by atoms with van der Waals surface area (Å²) in [5.41, 5.74) is 4.02. The van der Waals surface area contributed by atoms with Crippen LogP contribution in [-0.4, -0.2) is 37.2 Å². The van der Waals surface area contributed by atoms with Crippen LogP contribution in [0.5, 0.6) is 5.75 Å². The highest BCUT2D eigenvalue weighted by molar-refractivity contribution is 6.33. The minimum absolute atomic E-state index is 0.402. The molecule has 0 aliphatic rings. The van der Waals surface area contributed by atoms with Crippen molar-refractivity contribution in [3.63, 3.8) is 0 Å². The van der Waals surface area contributed by atoms with Crippen LogP contribution < -0.4 is 4.74 Å². The van der Waals surface area contributed by atoms with Crippen molar-refractivity contribution in [3.8, 4) is 17.1 Å². The summed E-state index contributed by atoms with van der Waals surface area (Å²) in [6.07, 6.45) is 3.67. The Kier molecular flexibility index (Phi) is 4.68. The van der Waals surface area contributed by atoms with E-state index in [0.29, 0.717) is 29.6 Å². The molecule has 3 aromatic heterocycles. The Hall–Kier alpha value is -2.70. The van der Waals surface area contributed by atoms with Crippen LogP contribution in [-0.2, 0) is 0 Å². The first kappa shape index (κ1) is 17.7. The number of halogens is 1. The van der Waals surface area contributed by atoms with Crippen molar-refractivity contribution >= 4 is 28.3 Å². The number of aliphatic hydroxyl groups excluding tert-OH is 1. The topological polar surface area (TPSA) is 72.5 Å². The Morgan fingerprint density at radius 1 is 1.26 bits per heavy atom. The van der Waals surface area contributed by atoms with Gasteiger partial charge in [-0.25, -0.2) is 15.0 Å². The second-order valence-corrected chi connectivity index (χ2v) is 6.88. The lowest BCUT2D eigenvalue weighted by molar-refractivity contribution is 0.155. The van der Waals surface area contributed by atoms with Crippen LogP contribution in [0.4, 0.5) is 0 Å². The molecule has 1 unspecified atom stereocenters. The van der Waals surface area contributed by atoms with E-state index in [9.17, 15) is 5.11 Å². The van der Waals surface area contributed by atoms with Gasteiger partial charge in [0, 0.05) is 18.2 Å². The Bertz CT molecular complexity index is 1120. The summed E-state index contributed by atoms with van der Waals surface area (Å²) < 4.78 is 7.72. The number of aliphatic hydroxyl groups is 1. The van der Waals surface area contributed by atoms with Crippen molar-refractivity contribution in [2.45, 2.75) is 26.4 Å². The molecule has 6 nitrogen and oxygen atoms in total. The lowest BCUT2D eigenvalue weighted by Crippen LogP contribution is -2.07. The van der Waals surface area contributed by atoms with Crippen molar-refractivity contribution in [2.24, 2.45) is 0 Å². The third kappa shape index (κ3) is 3.34. The summed E-state index contributed by atoms with van der Waals surface area (Å²) in [4.78, 5) is 13.7. The maximum Gasteiger partial charge on any atom is 0.164 e. The fourth-order valence-corrected chi connectivity index (χ4v) is 3.21. The molecule has 0 amide bonds. The molecule has 0 fully saturated rings. The predicted octanol–water partition coefficient (Wildman–Crippen LogP) is 4.06. The fourth-order valence-electron chi connectivity index (χ4n) is 3.01. The maximum absolute atomic E-state index is 9.40. The largest absolute Gasteiger partial charge is 0.493 e. The highest BCUT2D eigenvalue weighted by Gasteiger charge is 2.16. The van der Waals surface area contributed by atoms with Gasteiger partial charge in [0.05, 0.1) is 35.1 Å². The number of hydrogen-bond donors (Lipinski definition) is 1. The van der Waals surface area contributed by atoms with Crippen molar-refractivity contribution in [1.82, 2.24) is 19.4 Å². The molecule has 138 valence electrons. The van der Waals surface area contributed by atoms with Gasteiger partial charge in [0.15, 0.2) is 5.65 Å². The Balaban J connectivity index is 1.85. The number of pyridine rings is 1. The minimum atomic E-state index is -0.402. The highest BCUT2D eigenvalue weighted by Crippen LogP contribution is 2.33. The quantitative estimate of drug-likeness (QED) is 0.563. The second-order valence-electron chi connectivity index (χ2n) is 6.47. The average molecular weight is 383 g/mol. The molecule has 0 spiro atoms. The second kappa shape index (κ2) is 7.13. The molecule has 0 radical (unpaired) electrons. The van der Waals surface area contributed by atoms with Crippen LogP contribution in [0.25, 0.3) is 28.1 Å². The van der Waals surface area contributed by atoms with Gasteiger partial charge in [-0.1, -0.05) is 11.6 Å². The van der Waals surface area contributed by atoms with Crippen LogP contribution in [0.2, 0.25) is 5.02 Å². The minimum Gasteiger partial charge on any atom is -0.493 e. The van der Waals surface area contributed by atoms with E-state index < -0.39 is 6.10 Å². The van der Waals surface area contributed by atoms with E-state index in [1.54, 1.807) is 25.4 Å². The zero-order valence-corrected chi connectivity index (χ0v) is 15.8. The van der Waals surface area contributed by atoms with Crippen LogP contribution in [0.1, 0.15) is 19.0 Å². The first-order valence-corrected chi connectivity index (χ1v) is 9.12. The zero-order chi connectivity index (χ0) is 19.0. The number of fused-ring (bicyclic) bond motifs is 3. The number of nitrogens with zero attached hydrogens (tertiary/aromatic N) is 4. The van der Waals surface area contributed by atoms with Crippen molar-refractivity contribution in [1.29, 1.82) is 0 Å². The molecule has 0 bridgehead atoms.